The molecule has 0 saturated heterocycles. The van der Waals surface area contributed by atoms with Crippen LogP contribution < -0.4 is 5.32 Å². The van der Waals surface area contributed by atoms with Crippen molar-refractivity contribution >= 4 is 33.0 Å². The topological polar surface area (TPSA) is 42.2 Å². The van der Waals surface area contributed by atoms with Gasteiger partial charge in [-0.3, -0.25) is 0 Å². The van der Waals surface area contributed by atoms with Crippen molar-refractivity contribution in [1.29, 1.82) is 0 Å². The molecular formula is C14H12ClFN4S. The number of halogens is 2. The SMILES string of the molecule is Fc1ccc(-c2cn3nc(NCC4CC4)sc3n2)cc1Cl. The van der Waals surface area contributed by atoms with Crippen LogP contribution in [0.5, 0.6) is 0 Å². The van der Waals surface area contributed by atoms with Crippen LogP contribution in [0.15, 0.2) is 24.4 Å². The van der Waals surface area contributed by atoms with E-state index in [9.17, 15) is 4.39 Å². The largest absolute Gasteiger partial charge is 0.360 e. The Morgan fingerprint density at radius 2 is 2.29 bits per heavy atom. The zero-order chi connectivity index (χ0) is 14.4. The molecule has 4 nitrogen and oxygen atoms in total. The van der Waals surface area contributed by atoms with Gasteiger partial charge in [-0.05, 0) is 37.0 Å². The van der Waals surface area contributed by atoms with Crippen molar-refractivity contribution in [2.24, 2.45) is 5.92 Å². The van der Waals surface area contributed by atoms with Gasteiger partial charge in [0.2, 0.25) is 10.1 Å². The van der Waals surface area contributed by atoms with Crippen LogP contribution in [0.4, 0.5) is 9.52 Å². The average Bonchev–Trinajstić information content (AvgIpc) is 3.09. The molecular weight excluding hydrogens is 311 g/mol. The second-order valence-electron chi connectivity index (χ2n) is 5.21. The molecule has 1 aliphatic rings. The summed E-state index contributed by atoms with van der Waals surface area (Å²) in [6.45, 7) is 0.983. The predicted octanol–water partition coefficient (Wildman–Crippen LogP) is 4.07. The van der Waals surface area contributed by atoms with E-state index in [1.807, 2.05) is 6.20 Å². The Morgan fingerprint density at radius 3 is 3.00 bits per heavy atom. The third kappa shape index (κ3) is 2.61. The summed E-state index contributed by atoms with van der Waals surface area (Å²) in [4.78, 5) is 5.32. The maximum Gasteiger partial charge on any atom is 0.214 e. The predicted molar refractivity (Wildman–Crippen MR) is 82.5 cm³/mol. The molecule has 2 heterocycles. The Balaban J connectivity index is 1.61. The molecule has 2 aromatic heterocycles. The van der Waals surface area contributed by atoms with E-state index in [0.717, 1.165) is 33.8 Å². The molecule has 7 heteroatoms. The van der Waals surface area contributed by atoms with Gasteiger partial charge >= 0.3 is 0 Å². The van der Waals surface area contributed by atoms with E-state index in [2.05, 4.69) is 15.4 Å². The van der Waals surface area contributed by atoms with Gasteiger partial charge in [-0.1, -0.05) is 22.9 Å². The highest BCUT2D eigenvalue weighted by atomic mass is 35.5. The summed E-state index contributed by atoms with van der Waals surface area (Å²) in [6.07, 6.45) is 4.45. The van der Waals surface area contributed by atoms with E-state index in [1.165, 1.54) is 30.2 Å². The quantitative estimate of drug-likeness (QED) is 0.787. The van der Waals surface area contributed by atoms with Gasteiger partial charge in [0.15, 0.2) is 0 Å². The lowest BCUT2D eigenvalue weighted by Gasteiger charge is -1.99. The van der Waals surface area contributed by atoms with Crippen LogP contribution in [-0.4, -0.2) is 21.1 Å². The van der Waals surface area contributed by atoms with Crippen molar-refractivity contribution in [2.75, 3.05) is 11.9 Å². The third-order valence-electron chi connectivity index (χ3n) is 3.50. The van der Waals surface area contributed by atoms with Gasteiger partial charge in [-0.2, -0.15) is 0 Å². The Labute approximate surface area is 129 Å². The molecule has 4 rings (SSSR count). The van der Waals surface area contributed by atoms with Crippen molar-refractivity contribution < 1.29 is 4.39 Å². The molecule has 1 N–H and O–H groups in total. The smallest absolute Gasteiger partial charge is 0.214 e. The van der Waals surface area contributed by atoms with E-state index in [1.54, 1.807) is 16.6 Å². The van der Waals surface area contributed by atoms with Crippen LogP contribution in [0.2, 0.25) is 5.02 Å². The first-order valence-corrected chi connectivity index (χ1v) is 7.94. The summed E-state index contributed by atoms with van der Waals surface area (Å²) in [5.41, 5.74) is 1.52. The Morgan fingerprint density at radius 1 is 1.43 bits per heavy atom. The number of imidazole rings is 1. The number of nitrogens with one attached hydrogen (secondary N) is 1. The summed E-state index contributed by atoms with van der Waals surface area (Å²) in [6, 6.07) is 4.59. The number of hydrogen-bond donors (Lipinski definition) is 1. The van der Waals surface area contributed by atoms with E-state index < -0.39 is 5.82 Å². The van der Waals surface area contributed by atoms with Crippen molar-refractivity contribution in [1.82, 2.24) is 14.6 Å². The maximum atomic E-state index is 13.2. The van der Waals surface area contributed by atoms with E-state index >= 15 is 0 Å². The molecule has 108 valence electrons. The first kappa shape index (κ1) is 13.0. The summed E-state index contributed by atoms with van der Waals surface area (Å²) in [5.74, 6) is 0.379. The van der Waals surface area contributed by atoms with E-state index in [-0.39, 0.29) is 5.02 Å². The standard InChI is InChI=1S/C14H12ClFN4S/c15-10-5-9(3-4-11(10)16)12-7-20-14(18-12)21-13(19-20)17-6-8-1-2-8/h3-5,7-8H,1-2,6H2,(H,17,19). The van der Waals surface area contributed by atoms with Crippen LogP contribution >= 0.6 is 22.9 Å². The summed E-state index contributed by atoms with van der Waals surface area (Å²) >= 11 is 7.32. The van der Waals surface area contributed by atoms with Gasteiger partial charge < -0.3 is 5.32 Å². The summed E-state index contributed by atoms with van der Waals surface area (Å²) in [7, 11) is 0. The van der Waals surface area contributed by atoms with Gasteiger partial charge in [0, 0.05) is 12.1 Å². The van der Waals surface area contributed by atoms with Crippen molar-refractivity contribution in [3.8, 4) is 11.3 Å². The van der Waals surface area contributed by atoms with Crippen LogP contribution in [0.25, 0.3) is 16.2 Å². The monoisotopic (exact) mass is 322 g/mol. The molecule has 1 aromatic carbocycles. The van der Waals surface area contributed by atoms with Crippen molar-refractivity contribution in [2.45, 2.75) is 12.8 Å². The summed E-state index contributed by atoms with van der Waals surface area (Å²) in [5, 5.41) is 8.77. The van der Waals surface area contributed by atoms with Crippen LogP contribution in [0, 0.1) is 11.7 Å². The Bertz CT molecular complexity index is 777. The fraction of sp³-hybridized carbons (Fsp3) is 0.286. The molecule has 0 bridgehead atoms. The lowest BCUT2D eigenvalue weighted by Crippen LogP contribution is -2.02. The minimum Gasteiger partial charge on any atom is -0.360 e. The fourth-order valence-electron chi connectivity index (χ4n) is 2.12. The minimum absolute atomic E-state index is 0.101. The molecule has 0 spiro atoms. The number of fused-ring (bicyclic) bond motifs is 1. The first-order valence-electron chi connectivity index (χ1n) is 6.74. The van der Waals surface area contributed by atoms with Crippen LogP contribution in [-0.2, 0) is 0 Å². The molecule has 1 saturated carbocycles. The molecule has 0 unspecified atom stereocenters. The van der Waals surface area contributed by atoms with Crippen LogP contribution in [0.3, 0.4) is 0 Å². The fourth-order valence-corrected chi connectivity index (χ4v) is 3.09. The number of nitrogens with zero attached hydrogens (tertiary/aromatic N) is 3. The van der Waals surface area contributed by atoms with Gasteiger partial charge in [-0.15, -0.1) is 5.10 Å². The molecule has 3 aromatic rings. The molecule has 0 radical (unpaired) electrons. The zero-order valence-electron chi connectivity index (χ0n) is 11.0. The summed E-state index contributed by atoms with van der Waals surface area (Å²) < 4.78 is 14.9. The lowest BCUT2D eigenvalue weighted by atomic mass is 10.2. The van der Waals surface area contributed by atoms with E-state index in [4.69, 9.17) is 11.6 Å². The zero-order valence-corrected chi connectivity index (χ0v) is 12.6. The van der Waals surface area contributed by atoms with Crippen molar-refractivity contribution in [3.63, 3.8) is 0 Å². The Kier molecular flexibility index (Phi) is 3.08. The van der Waals surface area contributed by atoms with E-state index in [0.29, 0.717) is 0 Å². The molecule has 0 atom stereocenters. The normalized spacial score (nSPS) is 14.8. The first-order chi connectivity index (χ1) is 10.2. The van der Waals surface area contributed by atoms with Crippen LogP contribution in [0.1, 0.15) is 12.8 Å². The average molecular weight is 323 g/mol. The minimum atomic E-state index is -0.425. The maximum absolute atomic E-state index is 13.2. The number of rotatable bonds is 4. The molecule has 1 fully saturated rings. The lowest BCUT2D eigenvalue weighted by molar-refractivity contribution is 0.628. The van der Waals surface area contributed by atoms with Gasteiger partial charge in [-0.25, -0.2) is 13.9 Å². The third-order valence-corrected chi connectivity index (χ3v) is 4.67. The highest BCUT2D eigenvalue weighted by Crippen LogP contribution is 2.30. The number of aromatic nitrogens is 3. The molecule has 21 heavy (non-hydrogen) atoms. The Hall–Kier alpha value is -1.66. The number of hydrogen-bond acceptors (Lipinski definition) is 4. The second-order valence-corrected chi connectivity index (χ2v) is 6.58. The number of benzene rings is 1. The molecule has 0 amide bonds. The van der Waals surface area contributed by atoms with Gasteiger partial charge in [0.25, 0.3) is 0 Å². The second kappa shape index (κ2) is 4.96. The highest BCUT2D eigenvalue weighted by Gasteiger charge is 2.21. The number of anilines is 1. The highest BCUT2D eigenvalue weighted by molar-refractivity contribution is 7.20. The van der Waals surface area contributed by atoms with Gasteiger partial charge in [0.1, 0.15) is 5.82 Å². The molecule has 0 aliphatic heterocycles. The molecule has 1 aliphatic carbocycles. The van der Waals surface area contributed by atoms with Gasteiger partial charge in [0.05, 0.1) is 16.9 Å². The van der Waals surface area contributed by atoms with Crippen molar-refractivity contribution in [3.05, 3.63) is 35.2 Å².